The van der Waals surface area contributed by atoms with Crippen LogP contribution in [0.2, 0.25) is 0 Å². The summed E-state index contributed by atoms with van der Waals surface area (Å²) >= 11 is 0. The van der Waals surface area contributed by atoms with Crippen LogP contribution in [-0.2, 0) is 9.84 Å². The van der Waals surface area contributed by atoms with Crippen LogP contribution >= 0.6 is 0 Å². The standard InChI is InChI=1S/C23H38O3S/c1-19(18-27(24,25)16-9-5-8-15-23(2,3)4)20-11-10-14-22(17-20)26-21-12-6-7-13-21/h10-11,14,17,19,21H,5-9,12-13,15-16,18H2,1-4H3/t19-/m0/s1. The van der Waals surface area contributed by atoms with Crippen molar-refractivity contribution in [1.29, 1.82) is 0 Å². The summed E-state index contributed by atoms with van der Waals surface area (Å²) in [5, 5.41) is 0. The van der Waals surface area contributed by atoms with Gasteiger partial charge >= 0.3 is 0 Å². The molecule has 0 amide bonds. The molecule has 0 spiro atoms. The maximum absolute atomic E-state index is 12.5. The van der Waals surface area contributed by atoms with Crippen molar-refractivity contribution in [2.24, 2.45) is 5.41 Å². The fraction of sp³-hybridized carbons (Fsp3) is 0.739. The molecule has 27 heavy (non-hydrogen) atoms. The van der Waals surface area contributed by atoms with Crippen molar-refractivity contribution in [3.8, 4) is 5.75 Å². The highest BCUT2D eigenvalue weighted by molar-refractivity contribution is 7.91. The lowest BCUT2D eigenvalue weighted by Gasteiger charge is -2.18. The van der Waals surface area contributed by atoms with Crippen LogP contribution in [-0.4, -0.2) is 26.0 Å². The zero-order valence-corrected chi connectivity index (χ0v) is 18.5. The molecule has 2 rings (SSSR count). The second-order valence-electron chi connectivity index (χ2n) is 9.48. The Hall–Kier alpha value is -1.03. The number of hydrogen-bond acceptors (Lipinski definition) is 3. The van der Waals surface area contributed by atoms with E-state index in [4.69, 9.17) is 4.74 Å². The van der Waals surface area contributed by atoms with Gasteiger partial charge in [-0.2, -0.15) is 0 Å². The zero-order valence-electron chi connectivity index (χ0n) is 17.7. The van der Waals surface area contributed by atoms with E-state index in [0.717, 1.165) is 49.8 Å². The van der Waals surface area contributed by atoms with Crippen molar-refractivity contribution in [3.05, 3.63) is 29.8 Å². The van der Waals surface area contributed by atoms with Crippen LogP contribution in [0.3, 0.4) is 0 Å². The number of ether oxygens (including phenoxy) is 1. The van der Waals surface area contributed by atoms with E-state index in [2.05, 4.69) is 20.8 Å². The highest BCUT2D eigenvalue weighted by atomic mass is 32.2. The summed E-state index contributed by atoms with van der Waals surface area (Å²) in [5.41, 5.74) is 1.39. The zero-order chi connectivity index (χ0) is 19.9. The topological polar surface area (TPSA) is 43.4 Å². The Labute approximate surface area is 166 Å². The van der Waals surface area contributed by atoms with Gasteiger partial charge in [-0.05, 0) is 67.6 Å². The Morgan fingerprint density at radius 1 is 1.11 bits per heavy atom. The Balaban J connectivity index is 1.81. The fourth-order valence-corrected chi connectivity index (χ4v) is 5.57. The molecule has 0 bridgehead atoms. The first-order chi connectivity index (χ1) is 12.6. The summed E-state index contributed by atoms with van der Waals surface area (Å²) < 4.78 is 31.1. The van der Waals surface area contributed by atoms with Crippen molar-refractivity contribution in [2.45, 2.75) is 91.1 Å². The van der Waals surface area contributed by atoms with E-state index < -0.39 is 9.84 Å². The highest BCUT2D eigenvalue weighted by Crippen LogP contribution is 2.27. The smallest absolute Gasteiger partial charge is 0.150 e. The summed E-state index contributed by atoms with van der Waals surface area (Å²) in [6.45, 7) is 8.70. The molecule has 0 N–H and O–H groups in total. The molecular formula is C23H38O3S. The quantitative estimate of drug-likeness (QED) is 0.448. The van der Waals surface area contributed by atoms with Crippen LogP contribution in [0.25, 0.3) is 0 Å². The normalized spacial score (nSPS) is 17.2. The van der Waals surface area contributed by atoms with Gasteiger partial charge < -0.3 is 4.74 Å². The predicted molar refractivity (Wildman–Crippen MR) is 114 cm³/mol. The highest BCUT2D eigenvalue weighted by Gasteiger charge is 2.20. The fourth-order valence-electron chi connectivity index (χ4n) is 3.81. The Bertz CT molecular complexity index is 667. The van der Waals surface area contributed by atoms with Crippen LogP contribution in [0.5, 0.6) is 5.75 Å². The maximum Gasteiger partial charge on any atom is 0.150 e. The molecule has 1 atom stereocenters. The molecule has 154 valence electrons. The van der Waals surface area contributed by atoms with Gasteiger partial charge in [0.15, 0.2) is 9.84 Å². The molecule has 1 saturated carbocycles. The van der Waals surface area contributed by atoms with Gasteiger partial charge in [0, 0.05) is 0 Å². The van der Waals surface area contributed by atoms with Crippen molar-refractivity contribution in [3.63, 3.8) is 0 Å². The SMILES string of the molecule is C[C@@H](CS(=O)(=O)CCCCCC(C)(C)C)c1cccc(OC2CCCC2)c1. The van der Waals surface area contributed by atoms with Crippen LogP contribution < -0.4 is 4.74 Å². The lowest BCUT2D eigenvalue weighted by atomic mass is 9.90. The molecule has 0 radical (unpaired) electrons. The van der Waals surface area contributed by atoms with Crippen molar-refractivity contribution in [2.75, 3.05) is 11.5 Å². The first-order valence-corrected chi connectivity index (χ1v) is 12.4. The Morgan fingerprint density at radius 2 is 1.81 bits per heavy atom. The largest absolute Gasteiger partial charge is 0.490 e. The molecule has 0 aliphatic heterocycles. The van der Waals surface area contributed by atoms with Crippen molar-refractivity contribution < 1.29 is 13.2 Å². The summed E-state index contributed by atoms with van der Waals surface area (Å²) in [6, 6.07) is 8.01. The molecule has 1 aliphatic carbocycles. The third-order valence-corrected chi connectivity index (χ3v) is 7.34. The summed E-state index contributed by atoms with van der Waals surface area (Å²) in [7, 11) is -3.02. The summed E-state index contributed by atoms with van der Waals surface area (Å²) in [4.78, 5) is 0. The number of unbranched alkanes of at least 4 members (excludes halogenated alkanes) is 2. The average Bonchev–Trinajstić information content (AvgIpc) is 3.06. The predicted octanol–water partition coefficient (Wildman–Crippen LogP) is 6.13. The molecule has 1 aromatic carbocycles. The second kappa shape index (κ2) is 9.95. The molecule has 0 heterocycles. The molecule has 4 heteroatoms. The lowest BCUT2D eigenvalue weighted by Crippen LogP contribution is -2.16. The van der Waals surface area contributed by atoms with E-state index in [1.807, 2.05) is 31.2 Å². The Morgan fingerprint density at radius 3 is 2.48 bits per heavy atom. The molecule has 0 saturated heterocycles. The Kier molecular flexibility index (Phi) is 8.20. The number of benzene rings is 1. The molecular weight excluding hydrogens is 356 g/mol. The number of hydrogen-bond donors (Lipinski definition) is 0. The molecule has 0 unspecified atom stereocenters. The van der Waals surface area contributed by atoms with Gasteiger partial charge in [0.05, 0.1) is 17.6 Å². The third-order valence-electron chi connectivity index (χ3n) is 5.42. The van der Waals surface area contributed by atoms with E-state index in [0.29, 0.717) is 17.3 Å². The minimum absolute atomic E-state index is 0.00305. The van der Waals surface area contributed by atoms with Crippen LogP contribution in [0.15, 0.2) is 24.3 Å². The number of sulfone groups is 1. The molecule has 3 nitrogen and oxygen atoms in total. The number of rotatable bonds is 10. The minimum atomic E-state index is -3.02. The molecule has 1 aromatic rings. The van der Waals surface area contributed by atoms with Crippen LogP contribution in [0.4, 0.5) is 0 Å². The molecule has 0 aromatic heterocycles. The van der Waals surface area contributed by atoms with Gasteiger partial charge in [-0.1, -0.05) is 52.7 Å². The van der Waals surface area contributed by atoms with Crippen LogP contribution in [0, 0.1) is 5.41 Å². The monoisotopic (exact) mass is 394 g/mol. The maximum atomic E-state index is 12.5. The van der Waals surface area contributed by atoms with Crippen LogP contribution in [0.1, 0.15) is 90.5 Å². The van der Waals surface area contributed by atoms with E-state index in [-0.39, 0.29) is 11.7 Å². The van der Waals surface area contributed by atoms with Gasteiger partial charge in [0.2, 0.25) is 0 Å². The first kappa shape index (κ1) is 22.3. The summed E-state index contributed by atoms with van der Waals surface area (Å²) in [5.74, 6) is 1.40. The second-order valence-corrected chi connectivity index (χ2v) is 11.7. The van der Waals surface area contributed by atoms with Gasteiger partial charge in [-0.25, -0.2) is 8.42 Å². The summed E-state index contributed by atoms with van der Waals surface area (Å²) in [6.07, 6.45) is 9.10. The van der Waals surface area contributed by atoms with E-state index >= 15 is 0 Å². The van der Waals surface area contributed by atoms with Gasteiger partial charge in [0.25, 0.3) is 0 Å². The van der Waals surface area contributed by atoms with E-state index in [9.17, 15) is 8.42 Å². The van der Waals surface area contributed by atoms with E-state index in [1.165, 1.54) is 12.8 Å². The third kappa shape index (κ3) is 8.68. The van der Waals surface area contributed by atoms with Crippen molar-refractivity contribution in [1.82, 2.24) is 0 Å². The minimum Gasteiger partial charge on any atom is -0.490 e. The van der Waals surface area contributed by atoms with E-state index in [1.54, 1.807) is 0 Å². The van der Waals surface area contributed by atoms with Gasteiger partial charge in [-0.3, -0.25) is 0 Å². The molecule has 1 fully saturated rings. The lowest BCUT2D eigenvalue weighted by molar-refractivity contribution is 0.210. The molecule has 1 aliphatic rings. The average molecular weight is 395 g/mol. The van der Waals surface area contributed by atoms with Gasteiger partial charge in [-0.15, -0.1) is 0 Å². The van der Waals surface area contributed by atoms with Gasteiger partial charge in [0.1, 0.15) is 5.75 Å². The first-order valence-electron chi connectivity index (χ1n) is 10.6. The van der Waals surface area contributed by atoms with Crippen molar-refractivity contribution >= 4 is 9.84 Å².